The van der Waals surface area contributed by atoms with E-state index in [1.165, 1.54) is 25.5 Å². The average Bonchev–Trinajstić information content (AvgIpc) is 3.06. The van der Waals surface area contributed by atoms with Crippen molar-refractivity contribution in [2.45, 2.75) is 64.6 Å². The Kier molecular flexibility index (Phi) is 5.99. The average molecular weight is 374 g/mol. The number of carbonyl (C=O) groups excluding carboxylic acids is 1. The molecule has 0 spiro atoms. The number of nitrogens with one attached hydrogen (secondary N) is 1. The van der Waals surface area contributed by atoms with E-state index >= 15 is 0 Å². The van der Waals surface area contributed by atoms with Gasteiger partial charge in [0.25, 0.3) is 11.6 Å². The minimum atomic E-state index is -0.379. The molecule has 1 atom stereocenters. The van der Waals surface area contributed by atoms with E-state index in [4.69, 9.17) is 0 Å². The molecule has 1 unspecified atom stereocenters. The van der Waals surface area contributed by atoms with Gasteiger partial charge in [0.1, 0.15) is 5.69 Å². The highest BCUT2D eigenvalue weighted by Crippen LogP contribution is 2.33. The molecule has 0 aromatic heterocycles. The summed E-state index contributed by atoms with van der Waals surface area (Å²) < 4.78 is 0. The molecule has 1 N–H and O–H groups in total. The molecule has 148 valence electrons. The summed E-state index contributed by atoms with van der Waals surface area (Å²) in [6.07, 6.45) is 4.59. The summed E-state index contributed by atoms with van der Waals surface area (Å²) >= 11 is 0. The van der Waals surface area contributed by atoms with Crippen LogP contribution in [0.3, 0.4) is 0 Å². The van der Waals surface area contributed by atoms with E-state index in [2.05, 4.69) is 22.0 Å². The van der Waals surface area contributed by atoms with Crippen molar-refractivity contribution in [2.24, 2.45) is 0 Å². The van der Waals surface area contributed by atoms with E-state index in [-0.39, 0.29) is 22.6 Å². The second-order valence-electron chi connectivity index (χ2n) is 8.04. The zero-order valence-electron chi connectivity index (χ0n) is 16.5. The molecule has 0 bridgehead atoms. The normalized spacial score (nSPS) is 21.6. The quantitative estimate of drug-likeness (QED) is 0.632. The zero-order valence-corrected chi connectivity index (χ0v) is 16.5. The molecule has 1 amide bonds. The first kappa shape index (κ1) is 19.6. The SMILES string of the molecule is CC(C)NC(=O)c1ccc(N2CCC(N3CCCC3C)CC2)c([N+](=O)[O-])c1. The van der Waals surface area contributed by atoms with Crippen molar-refractivity contribution < 1.29 is 9.72 Å². The molecular weight excluding hydrogens is 344 g/mol. The Balaban J connectivity index is 1.73. The topological polar surface area (TPSA) is 78.7 Å². The maximum Gasteiger partial charge on any atom is 0.293 e. The third kappa shape index (κ3) is 4.40. The molecule has 2 saturated heterocycles. The number of amides is 1. The molecule has 1 aromatic rings. The van der Waals surface area contributed by atoms with Crippen molar-refractivity contribution in [1.29, 1.82) is 0 Å². The molecule has 2 aliphatic heterocycles. The Morgan fingerprint density at radius 3 is 2.48 bits per heavy atom. The van der Waals surface area contributed by atoms with E-state index in [0.717, 1.165) is 25.9 Å². The zero-order chi connectivity index (χ0) is 19.6. The van der Waals surface area contributed by atoms with Crippen LogP contribution in [0, 0.1) is 10.1 Å². The van der Waals surface area contributed by atoms with Gasteiger partial charge in [0, 0.05) is 42.8 Å². The van der Waals surface area contributed by atoms with Gasteiger partial charge in [-0.25, -0.2) is 0 Å². The molecule has 0 radical (unpaired) electrons. The van der Waals surface area contributed by atoms with Crippen LogP contribution >= 0.6 is 0 Å². The predicted molar refractivity (Wildman–Crippen MR) is 106 cm³/mol. The monoisotopic (exact) mass is 374 g/mol. The predicted octanol–water partition coefficient (Wildman–Crippen LogP) is 3.19. The lowest BCUT2D eigenvalue weighted by Gasteiger charge is -2.39. The van der Waals surface area contributed by atoms with Crippen LogP contribution in [0.5, 0.6) is 0 Å². The largest absolute Gasteiger partial charge is 0.366 e. The number of carbonyl (C=O) groups is 1. The van der Waals surface area contributed by atoms with Gasteiger partial charge in [0.2, 0.25) is 0 Å². The smallest absolute Gasteiger partial charge is 0.293 e. The number of nitro benzene ring substituents is 1. The second kappa shape index (κ2) is 8.25. The fourth-order valence-corrected chi connectivity index (χ4v) is 4.36. The summed E-state index contributed by atoms with van der Waals surface area (Å²) in [6, 6.07) is 6.04. The number of nitro groups is 1. The van der Waals surface area contributed by atoms with Crippen LogP contribution in [-0.4, -0.2) is 53.5 Å². The van der Waals surface area contributed by atoms with Gasteiger partial charge in [-0.15, -0.1) is 0 Å². The first-order valence-electron chi connectivity index (χ1n) is 9.97. The van der Waals surface area contributed by atoms with Gasteiger partial charge >= 0.3 is 0 Å². The standard InChI is InChI=1S/C20H30N4O3/c1-14(2)21-20(25)16-6-7-18(19(13-16)24(26)27)22-11-8-17(9-12-22)23-10-4-5-15(23)3/h6-7,13-15,17H,4-5,8-12H2,1-3H3,(H,21,25). The molecule has 2 aliphatic rings. The van der Waals surface area contributed by atoms with Crippen molar-refractivity contribution >= 4 is 17.3 Å². The van der Waals surface area contributed by atoms with Gasteiger partial charge in [-0.05, 0) is 65.1 Å². The van der Waals surface area contributed by atoms with Crippen LogP contribution in [0.2, 0.25) is 0 Å². The third-order valence-corrected chi connectivity index (χ3v) is 5.73. The molecular formula is C20H30N4O3. The fraction of sp³-hybridized carbons (Fsp3) is 0.650. The number of hydrogen-bond donors (Lipinski definition) is 1. The number of anilines is 1. The van der Waals surface area contributed by atoms with Crippen LogP contribution in [0.1, 0.15) is 56.8 Å². The maximum absolute atomic E-state index is 12.2. The second-order valence-corrected chi connectivity index (χ2v) is 8.04. The minimum Gasteiger partial charge on any atom is -0.366 e. The first-order chi connectivity index (χ1) is 12.9. The number of piperidine rings is 1. The molecule has 0 aliphatic carbocycles. The van der Waals surface area contributed by atoms with E-state index in [1.807, 2.05) is 13.8 Å². The summed E-state index contributed by atoms with van der Waals surface area (Å²) in [7, 11) is 0. The summed E-state index contributed by atoms with van der Waals surface area (Å²) in [6.45, 7) is 8.83. The van der Waals surface area contributed by atoms with Gasteiger partial charge < -0.3 is 10.2 Å². The molecule has 7 nitrogen and oxygen atoms in total. The summed E-state index contributed by atoms with van der Waals surface area (Å²) in [5.74, 6) is -0.277. The fourth-order valence-electron chi connectivity index (χ4n) is 4.36. The molecule has 0 saturated carbocycles. The van der Waals surface area contributed by atoms with Gasteiger partial charge in [-0.2, -0.15) is 0 Å². The Labute approximate surface area is 160 Å². The number of benzene rings is 1. The highest BCUT2D eigenvalue weighted by molar-refractivity contribution is 5.96. The Hall–Kier alpha value is -2.15. The molecule has 7 heteroatoms. The lowest BCUT2D eigenvalue weighted by Crippen LogP contribution is -2.46. The minimum absolute atomic E-state index is 0.0109. The molecule has 2 heterocycles. The lowest BCUT2D eigenvalue weighted by molar-refractivity contribution is -0.384. The van der Waals surface area contributed by atoms with Crippen LogP contribution in [-0.2, 0) is 0 Å². The number of rotatable bonds is 5. The highest BCUT2D eigenvalue weighted by Gasteiger charge is 2.32. The molecule has 3 rings (SSSR count). The first-order valence-corrected chi connectivity index (χ1v) is 9.97. The third-order valence-electron chi connectivity index (χ3n) is 5.73. The summed E-state index contributed by atoms with van der Waals surface area (Å²) in [5, 5.41) is 14.4. The summed E-state index contributed by atoms with van der Waals surface area (Å²) in [4.78, 5) is 28.1. The molecule has 2 fully saturated rings. The van der Waals surface area contributed by atoms with E-state index in [9.17, 15) is 14.9 Å². The van der Waals surface area contributed by atoms with Crippen molar-refractivity contribution in [2.75, 3.05) is 24.5 Å². The van der Waals surface area contributed by atoms with E-state index in [1.54, 1.807) is 12.1 Å². The van der Waals surface area contributed by atoms with Crippen molar-refractivity contribution in [1.82, 2.24) is 10.2 Å². The van der Waals surface area contributed by atoms with Gasteiger partial charge in [-0.1, -0.05) is 0 Å². The van der Waals surface area contributed by atoms with E-state index in [0.29, 0.717) is 23.3 Å². The number of nitrogens with zero attached hydrogens (tertiary/aromatic N) is 3. The van der Waals surface area contributed by atoms with Crippen molar-refractivity contribution in [3.8, 4) is 0 Å². The Morgan fingerprint density at radius 2 is 1.93 bits per heavy atom. The number of hydrogen-bond acceptors (Lipinski definition) is 5. The van der Waals surface area contributed by atoms with Crippen LogP contribution in [0.15, 0.2) is 18.2 Å². The van der Waals surface area contributed by atoms with Crippen LogP contribution in [0.4, 0.5) is 11.4 Å². The Morgan fingerprint density at radius 1 is 1.22 bits per heavy atom. The molecule has 1 aromatic carbocycles. The lowest BCUT2D eigenvalue weighted by atomic mass is 10.0. The molecule has 27 heavy (non-hydrogen) atoms. The van der Waals surface area contributed by atoms with Gasteiger partial charge in [0.15, 0.2) is 0 Å². The highest BCUT2D eigenvalue weighted by atomic mass is 16.6. The van der Waals surface area contributed by atoms with Crippen molar-refractivity contribution in [3.05, 3.63) is 33.9 Å². The van der Waals surface area contributed by atoms with Crippen LogP contribution in [0.25, 0.3) is 0 Å². The summed E-state index contributed by atoms with van der Waals surface area (Å²) in [5.41, 5.74) is 0.966. The van der Waals surface area contributed by atoms with E-state index < -0.39 is 0 Å². The maximum atomic E-state index is 12.2. The van der Waals surface area contributed by atoms with Gasteiger partial charge in [-0.3, -0.25) is 19.8 Å². The van der Waals surface area contributed by atoms with Gasteiger partial charge in [0.05, 0.1) is 4.92 Å². The van der Waals surface area contributed by atoms with Crippen molar-refractivity contribution in [3.63, 3.8) is 0 Å². The Bertz CT molecular complexity index is 698. The number of likely N-dealkylation sites (tertiary alicyclic amines) is 1. The van der Waals surface area contributed by atoms with Crippen LogP contribution < -0.4 is 10.2 Å².